The van der Waals surface area contributed by atoms with Gasteiger partial charge in [-0.25, -0.2) is 4.39 Å². The molecule has 0 aliphatic rings. The summed E-state index contributed by atoms with van der Waals surface area (Å²) in [7, 11) is 0. The first-order valence-corrected chi connectivity index (χ1v) is 5.99. The van der Waals surface area contributed by atoms with E-state index in [1.54, 1.807) is 0 Å². The third-order valence-electron chi connectivity index (χ3n) is 2.56. The highest BCUT2D eigenvalue weighted by Crippen LogP contribution is 2.27. The standard InChI is InChI=1S/C12H16FN3O3/c13-9-5-4-6-10(16(18)19)12(9)15-11(17)7-2-1-3-8-14/h4-6H,1-3,7-8,14H2,(H,15,17). The van der Waals surface area contributed by atoms with Crippen LogP contribution in [0.2, 0.25) is 0 Å². The van der Waals surface area contributed by atoms with E-state index in [1.807, 2.05) is 0 Å². The molecule has 1 aromatic carbocycles. The van der Waals surface area contributed by atoms with Crippen molar-refractivity contribution in [1.29, 1.82) is 0 Å². The number of anilines is 1. The lowest BCUT2D eigenvalue weighted by molar-refractivity contribution is -0.384. The van der Waals surface area contributed by atoms with Gasteiger partial charge >= 0.3 is 0 Å². The van der Waals surface area contributed by atoms with Crippen molar-refractivity contribution in [3.05, 3.63) is 34.1 Å². The summed E-state index contributed by atoms with van der Waals surface area (Å²) >= 11 is 0. The Bertz CT molecular complexity index is 466. The third-order valence-corrected chi connectivity index (χ3v) is 2.56. The van der Waals surface area contributed by atoms with Gasteiger partial charge in [0, 0.05) is 12.5 Å². The lowest BCUT2D eigenvalue weighted by Crippen LogP contribution is -2.14. The molecular formula is C12H16FN3O3. The van der Waals surface area contributed by atoms with Gasteiger partial charge in [-0.05, 0) is 25.5 Å². The summed E-state index contributed by atoms with van der Waals surface area (Å²) in [5.41, 5.74) is 4.49. The third kappa shape index (κ3) is 4.63. The quantitative estimate of drug-likeness (QED) is 0.450. The van der Waals surface area contributed by atoms with Crippen LogP contribution in [0.3, 0.4) is 0 Å². The van der Waals surface area contributed by atoms with Crippen LogP contribution in [-0.4, -0.2) is 17.4 Å². The Hall–Kier alpha value is -2.02. The van der Waals surface area contributed by atoms with Crippen LogP contribution in [-0.2, 0) is 4.79 Å². The molecular weight excluding hydrogens is 253 g/mol. The van der Waals surface area contributed by atoms with Crippen LogP contribution in [0.4, 0.5) is 15.8 Å². The highest BCUT2D eigenvalue weighted by molar-refractivity contribution is 5.93. The lowest BCUT2D eigenvalue weighted by atomic mass is 10.2. The van der Waals surface area contributed by atoms with Crippen molar-refractivity contribution in [2.24, 2.45) is 5.73 Å². The minimum absolute atomic E-state index is 0.186. The molecule has 7 heteroatoms. The van der Waals surface area contributed by atoms with Crippen molar-refractivity contribution in [3.8, 4) is 0 Å². The highest BCUT2D eigenvalue weighted by Gasteiger charge is 2.19. The first-order valence-electron chi connectivity index (χ1n) is 5.99. The average Bonchev–Trinajstić information content (AvgIpc) is 2.37. The van der Waals surface area contributed by atoms with E-state index >= 15 is 0 Å². The Balaban J connectivity index is 2.66. The van der Waals surface area contributed by atoms with E-state index < -0.39 is 22.3 Å². The predicted octanol–water partition coefficient (Wildman–Crippen LogP) is 2.19. The Labute approximate surface area is 109 Å². The number of nitro benzene ring substituents is 1. The van der Waals surface area contributed by atoms with E-state index in [0.29, 0.717) is 13.0 Å². The van der Waals surface area contributed by atoms with Gasteiger partial charge in [0.05, 0.1) is 4.92 Å². The van der Waals surface area contributed by atoms with Crippen LogP contribution in [0.1, 0.15) is 25.7 Å². The van der Waals surface area contributed by atoms with Crippen molar-refractivity contribution in [1.82, 2.24) is 0 Å². The number of nitrogens with two attached hydrogens (primary N) is 1. The zero-order chi connectivity index (χ0) is 14.3. The molecule has 19 heavy (non-hydrogen) atoms. The smallest absolute Gasteiger partial charge is 0.295 e. The normalized spacial score (nSPS) is 10.2. The maximum absolute atomic E-state index is 13.5. The monoisotopic (exact) mass is 269 g/mol. The Kier molecular flexibility index (Phi) is 5.87. The fraction of sp³-hybridized carbons (Fsp3) is 0.417. The highest BCUT2D eigenvalue weighted by atomic mass is 19.1. The molecule has 1 aromatic rings. The van der Waals surface area contributed by atoms with Crippen LogP contribution in [0.5, 0.6) is 0 Å². The van der Waals surface area contributed by atoms with Gasteiger partial charge < -0.3 is 11.1 Å². The summed E-state index contributed by atoms with van der Waals surface area (Å²) in [4.78, 5) is 21.6. The second-order valence-electron chi connectivity index (χ2n) is 4.04. The Morgan fingerprint density at radius 2 is 2.11 bits per heavy atom. The van der Waals surface area contributed by atoms with Gasteiger partial charge in [0.25, 0.3) is 5.69 Å². The van der Waals surface area contributed by atoms with E-state index in [-0.39, 0.29) is 12.1 Å². The van der Waals surface area contributed by atoms with Gasteiger partial charge in [-0.1, -0.05) is 12.5 Å². The first kappa shape index (κ1) is 15.0. The van der Waals surface area contributed by atoms with Crippen molar-refractivity contribution in [3.63, 3.8) is 0 Å². The molecule has 0 aromatic heterocycles. The molecule has 0 radical (unpaired) electrons. The molecule has 0 saturated carbocycles. The van der Waals surface area contributed by atoms with E-state index in [1.165, 1.54) is 6.07 Å². The number of para-hydroxylation sites is 1. The van der Waals surface area contributed by atoms with Gasteiger partial charge in [0.2, 0.25) is 5.91 Å². The van der Waals surface area contributed by atoms with E-state index in [0.717, 1.165) is 25.0 Å². The maximum atomic E-state index is 13.5. The molecule has 6 nitrogen and oxygen atoms in total. The topological polar surface area (TPSA) is 98.3 Å². The number of hydrogen-bond acceptors (Lipinski definition) is 4. The molecule has 0 aliphatic heterocycles. The van der Waals surface area contributed by atoms with Crippen LogP contribution in [0.25, 0.3) is 0 Å². The van der Waals surface area contributed by atoms with E-state index in [4.69, 9.17) is 5.73 Å². The molecule has 3 N–H and O–H groups in total. The second kappa shape index (κ2) is 7.42. The number of carbonyl (C=O) groups is 1. The van der Waals surface area contributed by atoms with Crippen LogP contribution < -0.4 is 11.1 Å². The number of nitrogens with zero attached hydrogens (tertiary/aromatic N) is 1. The molecule has 1 rings (SSSR count). The molecule has 0 unspecified atom stereocenters. The van der Waals surface area contributed by atoms with Crippen molar-refractivity contribution in [2.75, 3.05) is 11.9 Å². The number of nitro groups is 1. The zero-order valence-electron chi connectivity index (χ0n) is 10.4. The summed E-state index contributed by atoms with van der Waals surface area (Å²) in [5, 5.41) is 13.0. The van der Waals surface area contributed by atoms with Crippen LogP contribution in [0, 0.1) is 15.9 Å². The minimum Gasteiger partial charge on any atom is -0.330 e. The number of amides is 1. The average molecular weight is 269 g/mol. The molecule has 0 saturated heterocycles. The summed E-state index contributed by atoms with van der Waals surface area (Å²) < 4.78 is 13.5. The molecule has 0 bridgehead atoms. The zero-order valence-corrected chi connectivity index (χ0v) is 10.4. The molecule has 0 atom stereocenters. The predicted molar refractivity (Wildman–Crippen MR) is 69.2 cm³/mol. The molecule has 0 aliphatic carbocycles. The van der Waals surface area contributed by atoms with Gasteiger partial charge in [-0.2, -0.15) is 0 Å². The fourth-order valence-electron chi connectivity index (χ4n) is 1.60. The summed E-state index contributed by atoms with van der Waals surface area (Å²) in [6.07, 6.45) is 2.41. The van der Waals surface area contributed by atoms with E-state index in [2.05, 4.69) is 5.32 Å². The molecule has 104 valence electrons. The Morgan fingerprint density at radius 3 is 2.74 bits per heavy atom. The summed E-state index contributed by atoms with van der Waals surface area (Å²) in [5.74, 6) is -1.25. The van der Waals surface area contributed by atoms with Gasteiger partial charge in [-0.15, -0.1) is 0 Å². The Morgan fingerprint density at radius 1 is 1.37 bits per heavy atom. The SMILES string of the molecule is NCCCCCC(=O)Nc1c(F)cccc1[N+](=O)[O-]. The first-order chi connectivity index (χ1) is 9.06. The van der Waals surface area contributed by atoms with Crippen LogP contribution >= 0.6 is 0 Å². The molecule has 0 heterocycles. The lowest BCUT2D eigenvalue weighted by Gasteiger charge is -2.06. The van der Waals surface area contributed by atoms with Crippen molar-refractivity contribution >= 4 is 17.3 Å². The summed E-state index contributed by atoms with van der Waals surface area (Å²) in [6.45, 7) is 0.556. The molecule has 1 amide bonds. The van der Waals surface area contributed by atoms with Gasteiger partial charge in [0.1, 0.15) is 0 Å². The summed E-state index contributed by atoms with van der Waals surface area (Å²) in [6, 6.07) is 3.44. The second-order valence-corrected chi connectivity index (χ2v) is 4.04. The largest absolute Gasteiger partial charge is 0.330 e. The van der Waals surface area contributed by atoms with Crippen molar-refractivity contribution in [2.45, 2.75) is 25.7 Å². The van der Waals surface area contributed by atoms with Gasteiger partial charge in [0.15, 0.2) is 11.5 Å². The number of halogens is 1. The maximum Gasteiger partial charge on any atom is 0.295 e. The van der Waals surface area contributed by atoms with E-state index in [9.17, 15) is 19.3 Å². The number of unbranched alkanes of at least 4 members (excludes halogenated alkanes) is 2. The van der Waals surface area contributed by atoms with Crippen LogP contribution in [0.15, 0.2) is 18.2 Å². The number of nitrogens with one attached hydrogen (secondary N) is 1. The number of benzene rings is 1. The van der Waals surface area contributed by atoms with Crippen molar-refractivity contribution < 1.29 is 14.1 Å². The number of rotatable bonds is 7. The molecule has 0 spiro atoms. The number of hydrogen-bond donors (Lipinski definition) is 2. The van der Waals surface area contributed by atoms with Gasteiger partial charge in [-0.3, -0.25) is 14.9 Å². The fourth-order valence-corrected chi connectivity index (χ4v) is 1.60. The number of carbonyl (C=O) groups excluding carboxylic acids is 1. The molecule has 0 fully saturated rings. The minimum atomic E-state index is -0.815.